The Hall–Kier alpha value is -1.30. The average Bonchev–Trinajstić information content (AvgIpc) is 2.72. The minimum Gasteiger partial charge on any atom is -0.444 e. The van der Waals surface area contributed by atoms with Gasteiger partial charge in [0.25, 0.3) is 0 Å². The Morgan fingerprint density at radius 3 is 2.46 bits per heavy atom. The van der Waals surface area contributed by atoms with Gasteiger partial charge in [0.2, 0.25) is 0 Å². The minimum atomic E-state index is -0.439. The van der Waals surface area contributed by atoms with Gasteiger partial charge < -0.3 is 15.0 Å². The molecule has 0 radical (unpaired) electrons. The first kappa shape index (κ1) is 17.5. The van der Waals surface area contributed by atoms with Gasteiger partial charge in [-0.05, 0) is 81.4 Å². The molecule has 2 saturated heterocycles. The van der Waals surface area contributed by atoms with Gasteiger partial charge in [-0.3, -0.25) is 0 Å². The first-order chi connectivity index (χ1) is 11.2. The zero-order valence-electron chi connectivity index (χ0n) is 14.8. The Balaban J connectivity index is 1.66. The maximum atomic E-state index is 12.5. The van der Waals surface area contributed by atoms with Gasteiger partial charge in [0.05, 0.1) is 11.4 Å². The summed E-state index contributed by atoms with van der Waals surface area (Å²) in [6.45, 7) is 7.77. The number of nitrogens with one attached hydrogen (secondary N) is 1. The number of aryl methyl sites for hydroxylation is 1. The fourth-order valence-corrected chi connectivity index (χ4v) is 4.21. The van der Waals surface area contributed by atoms with Crippen LogP contribution in [0.25, 0.3) is 0 Å². The van der Waals surface area contributed by atoms with Crippen molar-refractivity contribution in [2.75, 3.05) is 5.32 Å². The molecule has 2 unspecified atom stereocenters. The molecular weight excluding hydrogens is 370 g/mol. The average molecular weight is 396 g/mol. The molecule has 0 aliphatic carbocycles. The van der Waals surface area contributed by atoms with E-state index >= 15 is 0 Å². The van der Waals surface area contributed by atoms with Crippen LogP contribution in [0.4, 0.5) is 10.5 Å². The summed E-state index contributed by atoms with van der Waals surface area (Å²) < 4.78 is 6.45. The zero-order valence-corrected chi connectivity index (χ0v) is 16.4. The van der Waals surface area contributed by atoms with E-state index in [4.69, 9.17) is 4.74 Å². The molecule has 0 saturated carbocycles. The quantitative estimate of drug-likeness (QED) is 0.749. The molecular formula is C18H26BrN3O2. The Morgan fingerprint density at radius 2 is 1.92 bits per heavy atom. The van der Waals surface area contributed by atoms with Crippen molar-refractivity contribution in [3.63, 3.8) is 0 Å². The highest BCUT2D eigenvalue weighted by Crippen LogP contribution is 2.38. The van der Waals surface area contributed by atoms with Crippen molar-refractivity contribution < 1.29 is 9.53 Å². The van der Waals surface area contributed by atoms with E-state index in [1.54, 1.807) is 0 Å². The van der Waals surface area contributed by atoms with Crippen LogP contribution in [0.2, 0.25) is 0 Å². The van der Waals surface area contributed by atoms with Crippen LogP contribution >= 0.6 is 15.9 Å². The van der Waals surface area contributed by atoms with Crippen LogP contribution in [0.1, 0.15) is 52.1 Å². The summed E-state index contributed by atoms with van der Waals surface area (Å²) in [4.78, 5) is 18.9. The first-order valence-electron chi connectivity index (χ1n) is 8.64. The number of carbonyl (C=O) groups is 1. The van der Waals surface area contributed by atoms with Crippen LogP contribution < -0.4 is 5.32 Å². The fraction of sp³-hybridized carbons (Fsp3) is 0.667. The third-order valence-electron chi connectivity index (χ3n) is 4.75. The predicted molar refractivity (Wildman–Crippen MR) is 98.2 cm³/mol. The van der Waals surface area contributed by atoms with Crippen molar-refractivity contribution >= 4 is 27.7 Å². The molecule has 2 fully saturated rings. The number of ether oxygens (including phenoxy) is 1. The minimum absolute atomic E-state index is 0.157. The van der Waals surface area contributed by atoms with Crippen molar-refractivity contribution in [1.82, 2.24) is 9.88 Å². The largest absolute Gasteiger partial charge is 0.444 e. The van der Waals surface area contributed by atoms with Crippen molar-refractivity contribution in [3.05, 3.63) is 22.4 Å². The lowest BCUT2D eigenvalue weighted by molar-refractivity contribution is 0.00683. The highest BCUT2D eigenvalue weighted by Gasteiger charge is 2.44. The van der Waals surface area contributed by atoms with E-state index in [1.807, 2.05) is 38.7 Å². The smallest absolute Gasteiger partial charge is 0.410 e. The van der Waals surface area contributed by atoms with E-state index in [9.17, 15) is 4.79 Å². The lowest BCUT2D eigenvalue weighted by atomic mass is 9.97. The second-order valence-electron chi connectivity index (χ2n) is 7.85. The number of aromatic nitrogens is 1. The van der Waals surface area contributed by atoms with Crippen LogP contribution in [0.15, 0.2) is 16.7 Å². The number of carbonyl (C=O) groups excluding carboxylic acids is 1. The van der Waals surface area contributed by atoms with Gasteiger partial charge >= 0.3 is 6.09 Å². The van der Waals surface area contributed by atoms with Crippen molar-refractivity contribution in [1.29, 1.82) is 0 Å². The second kappa shape index (κ2) is 6.54. The number of nitrogens with zero attached hydrogens (tertiary/aromatic N) is 2. The van der Waals surface area contributed by atoms with Gasteiger partial charge in [-0.15, -0.1) is 0 Å². The van der Waals surface area contributed by atoms with Gasteiger partial charge in [-0.1, -0.05) is 0 Å². The van der Waals surface area contributed by atoms with Gasteiger partial charge in [-0.25, -0.2) is 9.78 Å². The number of amides is 1. The standard InChI is InChI=1S/C18H26BrN3O2/c1-11-15(7-8-16(19)20-11)21-12-9-13-5-6-14(10-12)22(13)17(23)24-18(2,3)4/h7-8,12-14,21H,5-6,9-10H2,1-4H3. The highest BCUT2D eigenvalue weighted by molar-refractivity contribution is 9.10. The maximum Gasteiger partial charge on any atom is 0.410 e. The van der Waals surface area contributed by atoms with Crippen LogP contribution in [-0.2, 0) is 4.74 Å². The summed E-state index contributed by atoms with van der Waals surface area (Å²) in [6.07, 6.45) is 3.91. The van der Waals surface area contributed by atoms with Crippen LogP contribution in [0.3, 0.4) is 0 Å². The van der Waals surface area contributed by atoms with Gasteiger partial charge in [0.15, 0.2) is 0 Å². The van der Waals surface area contributed by atoms with E-state index in [1.165, 1.54) is 0 Å². The summed E-state index contributed by atoms with van der Waals surface area (Å²) in [6, 6.07) is 4.96. The number of anilines is 1. The maximum absolute atomic E-state index is 12.5. The van der Waals surface area contributed by atoms with E-state index < -0.39 is 5.60 Å². The topological polar surface area (TPSA) is 54.5 Å². The molecule has 5 nitrogen and oxygen atoms in total. The van der Waals surface area contributed by atoms with E-state index in [0.717, 1.165) is 41.7 Å². The molecule has 6 heteroatoms. The molecule has 2 aliphatic heterocycles. The molecule has 1 amide bonds. The molecule has 0 spiro atoms. The summed E-state index contributed by atoms with van der Waals surface area (Å²) >= 11 is 3.40. The van der Waals surface area contributed by atoms with Crippen LogP contribution in [0, 0.1) is 6.92 Å². The Morgan fingerprint density at radius 1 is 1.29 bits per heavy atom. The fourth-order valence-electron chi connectivity index (χ4n) is 3.81. The van der Waals surface area contributed by atoms with Crippen LogP contribution in [0.5, 0.6) is 0 Å². The molecule has 1 aromatic rings. The number of halogens is 1. The second-order valence-corrected chi connectivity index (χ2v) is 8.66. The van der Waals surface area contributed by atoms with Gasteiger partial charge in [0.1, 0.15) is 10.2 Å². The molecule has 3 heterocycles. The normalized spacial score (nSPS) is 26.4. The third kappa shape index (κ3) is 3.85. The molecule has 0 aromatic carbocycles. The Bertz CT molecular complexity index is 615. The van der Waals surface area contributed by atoms with Crippen LogP contribution in [-0.4, -0.2) is 39.7 Å². The Kier molecular flexibility index (Phi) is 4.78. The molecule has 1 aromatic heterocycles. The molecule has 24 heavy (non-hydrogen) atoms. The van der Waals surface area contributed by atoms with Crippen molar-refractivity contribution in [2.24, 2.45) is 0 Å². The Labute approximate surface area is 152 Å². The predicted octanol–water partition coefficient (Wildman–Crippen LogP) is 4.49. The number of pyridine rings is 1. The van der Waals surface area contributed by atoms with E-state index in [-0.39, 0.29) is 18.2 Å². The first-order valence-corrected chi connectivity index (χ1v) is 9.43. The van der Waals surface area contributed by atoms with Crippen molar-refractivity contribution in [3.8, 4) is 0 Å². The number of rotatable bonds is 2. The lowest BCUT2D eigenvalue weighted by Gasteiger charge is -2.40. The third-order valence-corrected chi connectivity index (χ3v) is 5.19. The monoisotopic (exact) mass is 395 g/mol. The SMILES string of the molecule is Cc1nc(Br)ccc1NC1CC2CCC(C1)N2C(=O)OC(C)(C)C. The number of hydrogen-bond acceptors (Lipinski definition) is 4. The molecule has 2 bridgehead atoms. The number of fused-ring (bicyclic) bond motifs is 2. The van der Waals surface area contributed by atoms with Crippen molar-refractivity contribution in [2.45, 2.75) is 77.1 Å². The molecule has 2 aliphatic rings. The molecule has 1 N–H and O–H groups in total. The highest BCUT2D eigenvalue weighted by atomic mass is 79.9. The summed E-state index contributed by atoms with van der Waals surface area (Å²) in [7, 11) is 0. The van der Waals surface area contributed by atoms with Gasteiger partial charge in [-0.2, -0.15) is 0 Å². The van der Waals surface area contributed by atoms with E-state index in [0.29, 0.717) is 6.04 Å². The molecule has 2 atom stereocenters. The number of piperidine rings is 1. The summed E-state index contributed by atoms with van der Waals surface area (Å²) in [5, 5.41) is 3.62. The van der Waals surface area contributed by atoms with E-state index in [2.05, 4.69) is 32.3 Å². The molecule has 132 valence electrons. The summed E-state index contributed by atoms with van der Waals surface area (Å²) in [5.41, 5.74) is 1.63. The number of hydrogen-bond donors (Lipinski definition) is 1. The van der Waals surface area contributed by atoms with Gasteiger partial charge in [0, 0.05) is 18.1 Å². The lowest BCUT2D eigenvalue weighted by Crippen LogP contribution is -2.51. The summed E-state index contributed by atoms with van der Waals surface area (Å²) in [5.74, 6) is 0. The molecule has 3 rings (SSSR count). The zero-order chi connectivity index (χ0) is 17.5.